The summed E-state index contributed by atoms with van der Waals surface area (Å²) in [4.78, 5) is 26.3. The molecule has 1 fully saturated rings. The third-order valence-corrected chi connectivity index (χ3v) is 5.36. The van der Waals surface area contributed by atoms with E-state index in [2.05, 4.69) is 20.4 Å². The third-order valence-electron chi connectivity index (χ3n) is 5.36. The van der Waals surface area contributed by atoms with Crippen molar-refractivity contribution in [3.63, 3.8) is 0 Å². The van der Waals surface area contributed by atoms with Crippen LogP contribution >= 0.6 is 0 Å². The van der Waals surface area contributed by atoms with Crippen LogP contribution in [0.15, 0.2) is 41.1 Å². The Bertz CT molecular complexity index is 1030. The number of hydrogen-bond donors (Lipinski definition) is 1. The summed E-state index contributed by atoms with van der Waals surface area (Å²) in [6, 6.07) is 9.32. The van der Waals surface area contributed by atoms with Gasteiger partial charge in [0.05, 0.1) is 28.7 Å². The summed E-state index contributed by atoms with van der Waals surface area (Å²) in [7, 11) is 0. The van der Waals surface area contributed by atoms with Crippen molar-refractivity contribution in [2.75, 3.05) is 28.2 Å². The number of hydrogen-bond acceptors (Lipinski definition) is 6. The van der Waals surface area contributed by atoms with Crippen LogP contribution in [0.3, 0.4) is 0 Å². The van der Waals surface area contributed by atoms with E-state index in [9.17, 15) is 4.79 Å². The van der Waals surface area contributed by atoms with Crippen LogP contribution in [0.1, 0.15) is 17.9 Å². The second-order valence-corrected chi connectivity index (χ2v) is 7.14. The fraction of sp³-hybridized carbons (Fsp3) is 0.300. The van der Waals surface area contributed by atoms with Gasteiger partial charge in [-0.15, -0.1) is 0 Å². The number of pyridine rings is 2. The molecule has 5 rings (SSSR count). The van der Waals surface area contributed by atoms with Crippen LogP contribution in [-0.2, 0) is 0 Å². The number of fused-ring (bicyclic) bond motifs is 4. The number of rotatable bonds is 2. The van der Waals surface area contributed by atoms with Gasteiger partial charge in [-0.05, 0) is 44.5 Å². The lowest BCUT2D eigenvalue weighted by Crippen LogP contribution is -2.48. The first kappa shape index (κ1) is 16.7. The molecule has 0 unspecified atom stereocenters. The molecule has 0 radical (unpaired) electrons. The molecule has 3 aromatic rings. The van der Waals surface area contributed by atoms with Gasteiger partial charge in [-0.1, -0.05) is 11.2 Å². The molecule has 5 heterocycles. The molecule has 2 bridgehead atoms. The van der Waals surface area contributed by atoms with E-state index in [1.165, 1.54) is 0 Å². The molecule has 0 saturated carbocycles. The first-order valence-corrected chi connectivity index (χ1v) is 9.32. The summed E-state index contributed by atoms with van der Waals surface area (Å²) >= 11 is 0. The van der Waals surface area contributed by atoms with Gasteiger partial charge in [0.15, 0.2) is 5.82 Å². The van der Waals surface area contributed by atoms with Crippen molar-refractivity contribution in [2.45, 2.75) is 26.3 Å². The maximum Gasteiger partial charge on any atom is 0.329 e. The average Bonchev–Trinajstić information content (AvgIpc) is 3.26. The molecule has 2 amide bonds. The first-order chi connectivity index (χ1) is 13.6. The quantitative estimate of drug-likeness (QED) is 0.738. The number of nitrogens with zero attached hydrogens (tertiary/aromatic N) is 5. The van der Waals surface area contributed by atoms with Crippen molar-refractivity contribution in [3.05, 3.63) is 48.0 Å². The van der Waals surface area contributed by atoms with Crippen molar-refractivity contribution in [1.82, 2.24) is 15.1 Å². The molecule has 0 aromatic carbocycles. The highest BCUT2D eigenvalue weighted by molar-refractivity contribution is 6.04. The summed E-state index contributed by atoms with van der Waals surface area (Å²) in [5.41, 5.74) is 3.39. The van der Waals surface area contributed by atoms with E-state index in [1.807, 2.05) is 38.1 Å². The highest BCUT2D eigenvalue weighted by Crippen LogP contribution is 2.41. The van der Waals surface area contributed by atoms with Crippen molar-refractivity contribution >= 4 is 23.4 Å². The van der Waals surface area contributed by atoms with Crippen molar-refractivity contribution < 1.29 is 9.32 Å². The summed E-state index contributed by atoms with van der Waals surface area (Å²) in [5, 5.41) is 6.93. The molecule has 0 aliphatic carbocycles. The fourth-order valence-electron chi connectivity index (χ4n) is 4.07. The molecule has 1 saturated heterocycles. The normalized spacial score (nSPS) is 17.6. The lowest BCUT2D eigenvalue weighted by Gasteiger charge is -2.35. The van der Waals surface area contributed by atoms with Gasteiger partial charge in [0.25, 0.3) is 0 Å². The smallest absolute Gasteiger partial charge is 0.329 e. The minimum Gasteiger partial charge on any atom is -0.366 e. The van der Waals surface area contributed by atoms with Crippen LogP contribution in [0.25, 0.3) is 11.3 Å². The molecular formula is C20H20N6O2. The Morgan fingerprint density at radius 1 is 1.25 bits per heavy atom. The minimum atomic E-state index is -0.213. The molecular weight excluding hydrogens is 356 g/mol. The number of anilines is 3. The summed E-state index contributed by atoms with van der Waals surface area (Å²) < 4.78 is 5.30. The molecule has 28 heavy (non-hydrogen) atoms. The lowest BCUT2D eigenvalue weighted by atomic mass is 10.1. The van der Waals surface area contributed by atoms with E-state index in [1.54, 1.807) is 17.2 Å². The highest BCUT2D eigenvalue weighted by Gasteiger charge is 2.40. The highest BCUT2D eigenvalue weighted by atomic mass is 16.5. The van der Waals surface area contributed by atoms with Gasteiger partial charge in [0.2, 0.25) is 0 Å². The van der Waals surface area contributed by atoms with E-state index in [-0.39, 0.29) is 12.1 Å². The molecule has 0 spiro atoms. The maximum absolute atomic E-state index is 13.1. The van der Waals surface area contributed by atoms with Gasteiger partial charge >= 0.3 is 6.03 Å². The Morgan fingerprint density at radius 3 is 2.89 bits per heavy atom. The van der Waals surface area contributed by atoms with Crippen LogP contribution < -0.4 is 15.1 Å². The predicted molar refractivity (Wildman–Crippen MR) is 106 cm³/mol. The van der Waals surface area contributed by atoms with Crippen molar-refractivity contribution in [2.24, 2.45) is 0 Å². The molecule has 142 valence electrons. The summed E-state index contributed by atoms with van der Waals surface area (Å²) in [5.74, 6) is 1.91. The number of carbonyl (C=O) groups is 1. The molecule has 8 nitrogen and oxygen atoms in total. The van der Waals surface area contributed by atoms with Crippen LogP contribution in [-0.4, -0.2) is 40.3 Å². The number of amides is 2. The Labute approximate surface area is 162 Å². The Kier molecular flexibility index (Phi) is 3.78. The SMILES string of the molecule is Cc1noc(C)c1-c1ccc2c(n1)N(C(=O)Nc1ccccn1)[C@H]1CCN2C1. The van der Waals surface area contributed by atoms with E-state index in [0.717, 1.165) is 42.1 Å². The monoisotopic (exact) mass is 376 g/mol. The maximum atomic E-state index is 13.1. The lowest BCUT2D eigenvalue weighted by molar-refractivity contribution is 0.254. The van der Waals surface area contributed by atoms with Crippen LogP contribution in [0.5, 0.6) is 0 Å². The number of nitrogens with one attached hydrogen (secondary N) is 1. The zero-order chi connectivity index (χ0) is 19.3. The van der Waals surface area contributed by atoms with Gasteiger partial charge in [0.1, 0.15) is 11.6 Å². The molecule has 2 aliphatic rings. The zero-order valence-corrected chi connectivity index (χ0v) is 15.7. The zero-order valence-electron chi connectivity index (χ0n) is 15.7. The number of aromatic nitrogens is 3. The molecule has 1 atom stereocenters. The topological polar surface area (TPSA) is 87.4 Å². The van der Waals surface area contributed by atoms with E-state index < -0.39 is 0 Å². The molecule has 3 aromatic heterocycles. The average molecular weight is 376 g/mol. The second-order valence-electron chi connectivity index (χ2n) is 7.14. The Morgan fingerprint density at radius 2 is 2.14 bits per heavy atom. The number of carbonyl (C=O) groups excluding carboxylic acids is 1. The van der Waals surface area contributed by atoms with Gasteiger partial charge in [-0.2, -0.15) is 0 Å². The van der Waals surface area contributed by atoms with Gasteiger partial charge in [0, 0.05) is 19.3 Å². The van der Waals surface area contributed by atoms with Gasteiger partial charge < -0.3 is 9.42 Å². The number of aryl methyl sites for hydroxylation is 2. The fourth-order valence-corrected chi connectivity index (χ4v) is 4.07. The summed E-state index contributed by atoms with van der Waals surface area (Å²) in [6.45, 7) is 5.49. The minimum absolute atomic E-state index is 0.0867. The predicted octanol–water partition coefficient (Wildman–Crippen LogP) is 3.38. The summed E-state index contributed by atoms with van der Waals surface area (Å²) in [6.07, 6.45) is 2.57. The largest absolute Gasteiger partial charge is 0.366 e. The first-order valence-electron chi connectivity index (χ1n) is 9.32. The second kappa shape index (κ2) is 6.33. The number of urea groups is 1. The molecule has 2 aliphatic heterocycles. The van der Waals surface area contributed by atoms with Gasteiger partial charge in [-0.3, -0.25) is 10.2 Å². The van der Waals surface area contributed by atoms with Gasteiger partial charge in [-0.25, -0.2) is 14.8 Å². The Hall–Kier alpha value is -3.42. The molecule has 1 N–H and O–H groups in total. The van der Waals surface area contributed by atoms with E-state index in [4.69, 9.17) is 9.51 Å². The van der Waals surface area contributed by atoms with Crippen LogP contribution in [0, 0.1) is 13.8 Å². The van der Waals surface area contributed by atoms with E-state index in [0.29, 0.717) is 17.4 Å². The van der Waals surface area contributed by atoms with Crippen molar-refractivity contribution in [1.29, 1.82) is 0 Å². The molecule has 8 heteroatoms. The van der Waals surface area contributed by atoms with Crippen LogP contribution in [0.4, 0.5) is 22.1 Å². The van der Waals surface area contributed by atoms with E-state index >= 15 is 0 Å². The third kappa shape index (κ3) is 2.60. The van der Waals surface area contributed by atoms with Crippen LogP contribution in [0.2, 0.25) is 0 Å². The van der Waals surface area contributed by atoms with Crippen molar-refractivity contribution in [3.8, 4) is 11.3 Å². The standard InChI is InChI=1S/C20H20N6O2/c1-12-18(13(2)28-24-12)15-6-7-16-19(22-15)26(14-8-10-25(16)11-14)20(27)23-17-5-3-4-9-21-17/h3-7,9,14H,8,10-11H2,1-2H3,(H,21,23,27)/t14-/m0/s1. The Balaban J connectivity index is 1.57.